The molecule has 0 atom stereocenters. The molecule has 0 aliphatic rings. The van der Waals surface area contributed by atoms with E-state index in [2.05, 4.69) is 17.0 Å². The second-order valence-electron chi connectivity index (χ2n) is 7.93. The van der Waals surface area contributed by atoms with Gasteiger partial charge < -0.3 is 19.5 Å². The number of rotatable bonds is 6. The molecule has 0 amide bonds. The van der Waals surface area contributed by atoms with Gasteiger partial charge in [-0.2, -0.15) is 0 Å². The summed E-state index contributed by atoms with van der Waals surface area (Å²) in [5.74, 6) is 0.555. The fraction of sp³-hybridized carbons (Fsp3) is 0.0690. The van der Waals surface area contributed by atoms with Gasteiger partial charge in [0.05, 0.1) is 31.2 Å². The Morgan fingerprint density at radius 2 is 1.12 bits per heavy atom. The Morgan fingerprint density at radius 1 is 0.647 bits per heavy atom. The quantitative estimate of drug-likeness (QED) is 0.298. The minimum atomic E-state index is -0.960. The number of methoxy groups -OCH3 is 2. The van der Waals surface area contributed by atoms with Gasteiger partial charge in [-0.05, 0) is 47.2 Å². The number of hydrogen-bond acceptors (Lipinski definition) is 4. The molecule has 0 aliphatic carbocycles. The number of carbonyl (C=O) groups is 1. The summed E-state index contributed by atoms with van der Waals surface area (Å²) in [6.07, 6.45) is 0. The smallest absolute Gasteiger partial charge is 0.335 e. The molecule has 5 rings (SSSR count). The Labute approximate surface area is 197 Å². The number of carboxylic acid groups (broad SMARTS) is 1. The number of nitrogens with zero attached hydrogens (tertiary/aromatic N) is 1. The van der Waals surface area contributed by atoms with Crippen molar-refractivity contribution in [1.82, 2.24) is 0 Å². The monoisotopic (exact) mass is 449 g/mol. The third-order valence-corrected chi connectivity index (χ3v) is 5.95. The van der Waals surface area contributed by atoms with E-state index >= 15 is 0 Å². The third kappa shape index (κ3) is 3.77. The fourth-order valence-corrected chi connectivity index (χ4v) is 4.32. The van der Waals surface area contributed by atoms with Crippen LogP contribution in [-0.4, -0.2) is 25.3 Å². The molecule has 5 heteroatoms. The molecule has 1 N–H and O–H groups in total. The Balaban J connectivity index is 1.78. The van der Waals surface area contributed by atoms with Crippen LogP contribution in [0.15, 0.2) is 97.1 Å². The van der Waals surface area contributed by atoms with Gasteiger partial charge in [-0.3, -0.25) is 0 Å². The highest BCUT2D eigenvalue weighted by Gasteiger charge is 2.18. The summed E-state index contributed by atoms with van der Waals surface area (Å²) in [6.45, 7) is 0. The molecule has 168 valence electrons. The highest BCUT2D eigenvalue weighted by atomic mass is 16.5. The van der Waals surface area contributed by atoms with Gasteiger partial charge in [-0.15, -0.1) is 0 Å². The van der Waals surface area contributed by atoms with Crippen LogP contribution in [0.25, 0.3) is 21.5 Å². The van der Waals surface area contributed by atoms with E-state index in [1.165, 1.54) is 0 Å². The van der Waals surface area contributed by atoms with Crippen LogP contribution in [0.1, 0.15) is 10.4 Å². The molecule has 0 unspecified atom stereocenters. The van der Waals surface area contributed by atoms with E-state index in [0.717, 1.165) is 50.1 Å². The number of carboxylic acids is 1. The van der Waals surface area contributed by atoms with Crippen LogP contribution in [0.3, 0.4) is 0 Å². The maximum atomic E-state index is 11.4. The average Bonchev–Trinajstić information content (AvgIpc) is 2.88. The highest BCUT2D eigenvalue weighted by molar-refractivity contribution is 5.97. The van der Waals surface area contributed by atoms with E-state index in [1.807, 2.05) is 72.8 Å². The van der Waals surface area contributed by atoms with Crippen LogP contribution in [0.5, 0.6) is 11.5 Å². The van der Waals surface area contributed by atoms with E-state index in [4.69, 9.17) is 9.47 Å². The molecule has 0 radical (unpaired) electrons. The lowest BCUT2D eigenvalue weighted by Gasteiger charge is -2.27. The summed E-state index contributed by atoms with van der Waals surface area (Å²) in [6, 6.07) is 31.2. The number of fused-ring (bicyclic) bond motifs is 2. The van der Waals surface area contributed by atoms with E-state index in [-0.39, 0.29) is 5.56 Å². The van der Waals surface area contributed by atoms with Gasteiger partial charge in [0.1, 0.15) is 11.5 Å². The van der Waals surface area contributed by atoms with Crippen LogP contribution in [0.4, 0.5) is 17.1 Å². The van der Waals surface area contributed by atoms with Crippen molar-refractivity contribution >= 4 is 44.6 Å². The molecule has 0 aliphatic heterocycles. The van der Waals surface area contributed by atoms with Gasteiger partial charge in [0.2, 0.25) is 0 Å². The maximum Gasteiger partial charge on any atom is 0.335 e. The Bertz CT molecular complexity index is 1420. The summed E-state index contributed by atoms with van der Waals surface area (Å²) >= 11 is 0. The van der Waals surface area contributed by atoms with Crippen LogP contribution in [0, 0.1) is 0 Å². The summed E-state index contributed by atoms with van der Waals surface area (Å²) in [4.78, 5) is 13.5. The third-order valence-electron chi connectivity index (χ3n) is 5.95. The van der Waals surface area contributed by atoms with Crippen molar-refractivity contribution in [1.29, 1.82) is 0 Å². The van der Waals surface area contributed by atoms with Gasteiger partial charge >= 0.3 is 5.97 Å². The molecule has 0 saturated heterocycles. The maximum absolute atomic E-state index is 11.4. The standard InChI is InChI=1S/C29H23NO4/c1-33-27-17-23(15-20-7-3-5-9-25(20)27)30(22-13-11-19(12-14-22)29(31)32)24-16-21-8-4-6-10-26(21)28(18-24)34-2/h3-18H,1-2H3,(H,31,32). The number of ether oxygens (including phenoxy) is 2. The van der Waals surface area contributed by atoms with E-state index in [9.17, 15) is 9.90 Å². The SMILES string of the molecule is COc1cc(N(c2ccc(C(=O)O)cc2)c2cc(OC)c3ccccc3c2)cc2ccccc12. The molecule has 5 aromatic rings. The number of aromatic carboxylic acids is 1. The van der Waals surface area contributed by atoms with Crippen molar-refractivity contribution < 1.29 is 19.4 Å². The van der Waals surface area contributed by atoms with E-state index in [0.29, 0.717) is 0 Å². The second-order valence-corrected chi connectivity index (χ2v) is 7.93. The van der Waals surface area contributed by atoms with Crippen molar-refractivity contribution in [3.8, 4) is 11.5 Å². The summed E-state index contributed by atoms with van der Waals surface area (Å²) in [5.41, 5.74) is 2.82. The summed E-state index contributed by atoms with van der Waals surface area (Å²) in [7, 11) is 3.33. The molecule has 0 fully saturated rings. The van der Waals surface area contributed by atoms with Crippen LogP contribution in [0.2, 0.25) is 0 Å². The van der Waals surface area contributed by atoms with E-state index in [1.54, 1.807) is 26.4 Å². The van der Waals surface area contributed by atoms with Crippen molar-refractivity contribution in [2.24, 2.45) is 0 Å². The van der Waals surface area contributed by atoms with Gasteiger partial charge in [-0.25, -0.2) is 4.79 Å². The predicted octanol–water partition coefficient (Wildman–Crippen LogP) is 7.18. The summed E-state index contributed by atoms with van der Waals surface area (Å²) < 4.78 is 11.5. The minimum absolute atomic E-state index is 0.232. The first-order valence-electron chi connectivity index (χ1n) is 10.9. The van der Waals surface area contributed by atoms with Gasteiger partial charge in [0, 0.05) is 28.6 Å². The predicted molar refractivity (Wildman–Crippen MR) is 136 cm³/mol. The van der Waals surface area contributed by atoms with Crippen molar-refractivity contribution in [2.75, 3.05) is 19.1 Å². The lowest BCUT2D eigenvalue weighted by atomic mass is 10.0. The minimum Gasteiger partial charge on any atom is -0.496 e. The van der Waals surface area contributed by atoms with E-state index < -0.39 is 5.97 Å². The lowest BCUT2D eigenvalue weighted by Crippen LogP contribution is -2.11. The topological polar surface area (TPSA) is 59.0 Å². The van der Waals surface area contributed by atoms with Gasteiger partial charge in [0.25, 0.3) is 0 Å². The van der Waals surface area contributed by atoms with Gasteiger partial charge in [-0.1, -0.05) is 48.5 Å². The zero-order valence-corrected chi connectivity index (χ0v) is 18.9. The first kappa shape index (κ1) is 21.3. The molecule has 0 heterocycles. The average molecular weight is 450 g/mol. The number of anilines is 3. The largest absolute Gasteiger partial charge is 0.496 e. The molecular formula is C29H23NO4. The van der Waals surface area contributed by atoms with Crippen molar-refractivity contribution in [2.45, 2.75) is 0 Å². The Morgan fingerprint density at radius 3 is 1.56 bits per heavy atom. The first-order valence-corrected chi connectivity index (χ1v) is 10.9. The zero-order chi connectivity index (χ0) is 23.7. The number of hydrogen-bond donors (Lipinski definition) is 1. The molecule has 5 aromatic carbocycles. The second kappa shape index (κ2) is 8.79. The Hall–Kier alpha value is -4.51. The molecule has 0 saturated carbocycles. The fourth-order valence-electron chi connectivity index (χ4n) is 4.32. The zero-order valence-electron chi connectivity index (χ0n) is 18.9. The molecule has 5 nitrogen and oxygen atoms in total. The van der Waals surface area contributed by atoms with Crippen LogP contribution < -0.4 is 14.4 Å². The molecule has 0 spiro atoms. The van der Waals surface area contributed by atoms with Crippen molar-refractivity contribution in [3.05, 3.63) is 103 Å². The lowest BCUT2D eigenvalue weighted by molar-refractivity contribution is 0.0697. The van der Waals surface area contributed by atoms with Crippen LogP contribution >= 0.6 is 0 Å². The van der Waals surface area contributed by atoms with Gasteiger partial charge in [0.15, 0.2) is 0 Å². The van der Waals surface area contributed by atoms with Crippen molar-refractivity contribution in [3.63, 3.8) is 0 Å². The first-order chi connectivity index (χ1) is 16.6. The molecule has 0 bridgehead atoms. The molecular weight excluding hydrogens is 426 g/mol. The highest BCUT2D eigenvalue weighted by Crippen LogP contribution is 2.42. The normalized spacial score (nSPS) is 10.9. The number of benzene rings is 5. The summed E-state index contributed by atoms with van der Waals surface area (Å²) in [5, 5.41) is 13.5. The molecule has 0 aromatic heterocycles. The molecule has 34 heavy (non-hydrogen) atoms. The Kier molecular flexibility index (Phi) is 5.52. The van der Waals surface area contributed by atoms with Crippen LogP contribution in [-0.2, 0) is 0 Å².